The number of unbranched alkanes of at least 4 members (excludes halogenated alkanes) is 1. The lowest BCUT2D eigenvalue weighted by molar-refractivity contribution is -0.120. The zero-order valence-electron chi connectivity index (χ0n) is 11.4. The second kappa shape index (κ2) is 10.3. The number of ether oxygens (including phenoxy) is 2. The molecule has 0 bridgehead atoms. The van der Waals surface area contributed by atoms with Crippen molar-refractivity contribution in [3.8, 4) is 0 Å². The summed E-state index contributed by atoms with van der Waals surface area (Å²) < 4.78 is 10.2. The third-order valence-corrected chi connectivity index (χ3v) is 2.88. The quantitative estimate of drug-likeness (QED) is 0.502. The highest BCUT2D eigenvalue weighted by Gasteiger charge is 2.20. The molecule has 0 spiro atoms. The van der Waals surface area contributed by atoms with E-state index in [1.54, 1.807) is 7.11 Å². The van der Waals surface area contributed by atoms with Gasteiger partial charge in [-0.15, -0.1) is 0 Å². The predicted octanol–water partition coefficient (Wildman–Crippen LogP) is 0.545. The molecule has 18 heavy (non-hydrogen) atoms. The molecule has 0 atom stereocenters. The highest BCUT2D eigenvalue weighted by atomic mass is 16.5. The van der Waals surface area contributed by atoms with Crippen molar-refractivity contribution in [1.82, 2.24) is 10.6 Å². The van der Waals surface area contributed by atoms with Crippen molar-refractivity contribution in [2.45, 2.75) is 25.7 Å². The largest absolute Gasteiger partial charge is 0.382 e. The zero-order valence-corrected chi connectivity index (χ0v) is 11.4. The summed E-state index contributed by atoms with van der Waals surface area (Å²) in [4.78, 5) is 11.4. The highest BCUT2D eigenvalue weighted by molar-refractivity contribution is 5.77. The normalized spacial score (nSPS) is 14.7. The molecule has 1 saturated carbocycles. The van der Waals surface area contributed by atoms with E-state index in [2.05, 4.69) is 10.6 Å². The summed E-state index contributed by atoms with van der Waals surface area (Å²) in [5, 5.41) is 6.07. The Morgan fingerprint density at radius 1 is 1.22 bits per heavy atom. The first-order chi connectivity index (χ1) is 8.83. The summed E-state index contributed by atoms with van der Waals surface area (Å²) in [5.41, 5.74) is 0. The third kappa shape index (κ3) is 9.39. The number of nitrogens with one attached hydrogen (secondary N) is 2. The van der Waals surface area contributed by atoms with E-state index in [-0.39, 0.29) is 5.91 Å². The molecule has 1 fully saturated rings. The SMILES string of the molecule is COCCOCCCCNC(=O)CNCC1CC1. The number of carbonyl (C=O) groups is 1. The van der Waals surface area contributed by atoms with Gasteiger partial charge in [-0.25, -0.2) is 0 Å². The summed E-state index contributed by atoms with van der Waals surface area (Å²) in [6.45, 7) is 4.19. The summed E-state index contributed by atoms with van der Waals surface area (Å²) in [6.07, 6.45) is 4.57. The van der Waals surface area contributed by atoms with E-state index < -0.39 is 0 Å². The van der Waals surface area contributed by atoms with Crippen LogP contribution in [0.15, 0.2) is 0 Å². The van der Waals surface area contributed by atoms with Gasteiger partial charge in [-0.05, 0) is 38.1 Å². The van der Waals surface area contributed by atoms with E-state index in [1.807, 2.05) is 0 Å². The van der Waals surface area contributed by atoms with Crippen LogP contribution in [0.2, 0.25) is 0 Å². The van der Waals surface area contributed by atoms with Crippen molar-refractivity contribution in [2.24, 2.45) is 5.92 Å². The van der Waals surface area contributed by atoms with Crippen LogP contribution in [0.5, 0.6) is 0 Å². The van der Waals surface area contributed by atoms with Crippen LogP contribution in [0, 0.1) is 5.92 Å². The van der Waals surface area contributed by atoms with Crippen molar-refractivity contribution in [2.75, 3.05) is 46.6 Å². The van der Waals surface area contributed by atoms with Gasteiger partial charge in [0.15, 0.2) is 0 Å². The Morgan fingerprint density at radius 3 is 2.78 bits per heavy atom. The first kappa shape index (κ1) is 15.4. The second-order valence-electron chi connectivity index (χ2n) is 4.74. The van der Waals surface area contributed by atoms with E-state index in [4.69, 9.17) is 9.47 Å². The van der Waals surface area contributed by atoms with E-state index in [9.17, 15) is 4.79 Å². The lowest BCUT2D eigenvalue weighted by Gasteiger charge is -2.06. The molecule has 1 aliphatic rings. The van der Waals surface area contributed by atoms with Crippen molar-refractivity contribution in [3.63, 3.8) is 0 Å². The molecule has 106 valence electrons. The van der Waals surface area contributed by atoms with Crippen LogP contribution in [0.3, 0.4) is 0 Å². The Hall–Kier alpha value is -0.650. The Balaban J connectivity index is 1.74. The smallest absolute Gasteiger partial charge is 0.233 e. The molecule has 2 N–H and O–H groups in total. The number of hydrogen-bond acceptors (Lipinski definition) is 4. The van der Waals surface area contributed by atoms with Gasteiger partial charge < -0.3 is 20.1 Å². The Kier molecular flexibility index (Phi) is 8.81. The van der Waals surface area contributed by atoms with Crippen molar-refractivity contribution < 1.29 is 14.3 Å². The minimum Gasteiger partial charge on any atom is -0.382 e. The first-order valence-electron chi connectivity index (χ1n) is 6.87. The molecule has 0 heterocycles. The standard InChI is InChI=1S/C13H26N2O3/c1-17-8-9-18-7-3-2-6-15-13(16)11-14-10-12-4-5-12/h12,14H,2-11H2,1H3,(H,15,16). The molecule has 0 aliphatic heterocycles. The summed E-state index contributed by atoms with van der Waals surface area (Å²) in [5.74, 6) is 0.915. The molecule has 1 amide bonds. The molecule has 1 rings (SSSR count). The number of rotatable bonds is 12. The number of carbonyl (C=O) groups excluding carboxylic acids is 1. The first-order valence-corrected chi connectivity index (χ1v) is 6.87. The number of hydrogen-bond donors (Lipinski definition) is 2. The van der Waals surface area contributed by atoms with E-state index in [0.717, 1.165) is 38.5 Å². The molecule has 0 aromatic carbocycles. The molecule has 0 aromatic rings. The van der Waals surface area contributed by atoms with Gasteiger partial charge in [-0.1, -0.05) is 0 Å². The zero-order chi connectivity index (χ0) is 13.1. The Bertz CT molecular complexity index is 220. The highest BCUT2D eigenvalue weighted by Crippen LogP contribution is 2.27. The van der Waals surface area contributed by atoms with Crippen molar-refractivity contribution in [1.29, 1.82) is 0 Å². The number of methoxy groups -OCH3 is 1. The van der Waals surface area contributed by atoms with Gasteiger partial charge in [-0.2, -0.15) is 0 Å². The summed E-state index contributed by atoms with van der Waals surface area (Å²) in [7, 11) is 1.66. The average Bonchev–Trinajstić information content (AvgIpc) is 3.17. The van der Waals surface area contributed by atoms with Crippen LogP contribution >= 0.6 is 0 Å². The topological polar surface area (TPSA) is 59.6 Å². The van der Waals surface area contributed by atoms with E-state index >= 15 is 0 Å². The fourth-order valence-electron chi connectivity index (χ4n) is 1.58. The fraction of sp³-hybridized carbons (Fsp3) is 0.923. The van der Waals surface area contributed by atoms with E-state index in [0.29, 0.717) is 19.8 Å². The predicted molar refractivity (Wildman–Crippen MR) is 70.5 cm³/mol. The van der Waals surface area contributed by atoms with Gasteiger partial charge >= 0.3 is 0 Å². The van der Waals surface area contributed by atoms with Gasteiger partial charge in [0, 0.05) is 20.3 Å². The minimum atomic E-state index is 0.0935. The van der Waals surface area contributed by atoms with Crippen LogP contribution < -0.4 is 10.6 Å². The Labute approximate surface area is 110 Å². The van der Waals surface area contributed by atoms with Crippen LogP contribution in [-0.4, -0.2) is 52.5 Å². The lowest BCUT2D eigenvalue weighted by Crippen LogP contribution is -2.35. The van der Waals surface area contributed by atoms with Crippen LogP contribution in [0.4, 0.5) is 0 Å². The van der Waals surface area contributed by atoms with Crippen molar-refractivity contribution >= 4 is 5.91 Å². The lowest BCUT2D eigenvalue weighted by atomic mass is 10.3. The summed E-state index contributed by atoms with van der Waals surface area (Å²) >= 11 is 0. The molecule has 0 radical (unpaired) electrons. The molecule has 0 saturated heterocycles. The van der Waals surface area contributed by atoms with Crippen LogP contribution in [-0.2, 0) is 14.3 Å². The van der Waals surface area contributed by atoms with E-state index in [1.165, 1.54) is 12.8 Å². The molecule has 0 aromatic heterocycles. The monoisotopic (exact) mass is 258 g/mol. The molecular formula is C13H26N2O3. The molecule has 1 aliphatic carbocycles. The van der Waals surface area contributed by atoms with Crippen LogP contribution in [0.25, 0.3) is 0 Å². The molecule has 0 unspecified atom stereocenters. The summed E-state index contributed by atoms with van der Waals surface area (Å²) in [6, 6.07) is 0. The van der Waals surface area contributed by atoms with Gasteiger partial charge in [0.2, 0.25) is 5.91 Å². The molecular weight excluding hydrogens is 232 g/mol. The molecule has 5 heteroatoms. The van der Waals surface area contributed by atoms with Crippen LogP contribution in [0.1, 0.15) is 25.7 Å². The maximum Gasteiger partial charge on any atom is 0.233 e. The molecule has 5 nitrogen and oxygen atoms in total. The van der Waals surface area contributed by atoms with Gasteiger partial charge in [0.1, 0.15) is 0 Å². The fourth-order valence-corrected chi connectivity index (χ4v) is 1.58. The maximum absolute atomic E-state index is 11.4. The minimum absolute atomic E-state index is 0.0935. The third-order valence-electron chi connectivity index (χ3n) is 2.88. The Morgan fingerprint density at radius 2 is 2.06 bits per heavy atom. The van der Waals surface area contributed by atoms with Gasteiger partial charge in [0.25, 0.3) is 0 Å². The average molecular weight is 258 g/mol. The van der Waals surface area contributed by atoms with Gasteiger partial charge in [-0.3, -0.25) is 4.79 Å². The maximum atomic E-state index is 11.4. The van der Waals surface area contributed by atoms with Gasteiger partial charge in [0.05, 0.1) is 19.8 Å². The second-order valence-corrected chi connectivity index (χ2v) is 4.74. The number of amides is 1. The van der Waals surface area contributed by atoms with Crippen molar-refractivity contribution in [3.05, 3.63) is 0 Å².